The molecule has 3 aromatic rings. The number of non-ortho nitro benzene ring substituents is 1. The van der Waals surface area contributed by atoms with Gasteiger partial charge in [-0.3, -0.25) is 19.6 Å². The number of aromatic nitrogens is 2. The molecule has 7 heteroatoms. The maximum absolute atomic E-state index is 12.4. The number of hydrogen-bond acceptors (Lipinski definition) is 4. The Balaban J connectivity index is 1.87. The number of fused-ring (bicyclic) bond motifs is 1. The Kier molecular flexibility index (Phi) is 3.76. The summed E-state index contributed by atoms with van der Waals surface area (Å²) in [6.45, 7) is 0.00998. The number of likely N-dealkylation sites (N-methyl/N-ethyl adjacent to an activating group) is 1. The summed E-state index contributed by atoms with van der Waals surface area (Å²) >= 11 is 0. The Morgan fingerprint density at radius 2 is 2.00 bits per heavy atom. The van der Waals surface area contributed by atoms with E-state index in [4.69, 9.17) is 0 Å². The molecule has 1 heterocycles. The predicted molar refractivity (Wildman–Crippen MR) is 86.2 cm³/mol. The fraction of sp³-hybridized carbons (Fsp3) is 0.125. The number of amides is 1. The average Bonchev–Trinajstić information content (AvgIpc) is 2.97. The lowest BCUT2D eigenvalue weighted by Crippen LogP contribution is -2.30. The van der Waals surface area contributed by atoms with Crippen LogP contribution in [0.25, 0.3) is 10.9 Å². The molecule has 0 spiro atoms. The molecule has 116 valence electrons. The normalized spacial score (nSPS) is 10.7. The molecule has 0 radical (unpaired) electrons. The average molecular weight is 310 g/mol. The van der Waals surface area contributed by atoms with Gasteiger partial charge < -0.3 is 4.90 Å². The third kappa shape index (κ3) is 2.89. The van der Waals surface area contributed by atoms with Crippen molar-refractivity contribution in [3.63, 3.8) is 0 Å². The number of nitrogens with zero attached hydrogens (tertiary/aromatic N) is 4. The van der Waals surface area contributed by atoms with Crippen LogP contribution in [0.5, 0.6) is 0 Å². The molecule has 0 bridgehead atoms. The van der Waals surface area contributed by atoms with Crippen LogP contribution in [0.1, 0.15) is 0 Å². The van der Waals surface area contributed by atoms with Crippen molar-refractivity contribution in [3.8, 4) is 0 Å². The highest BCUT2D eigenvalue weighted by Gasteiger charge is 2.15. The summed E-state index contributed by atoms with van der Waals surface area (Å²) in [7, 11) is 1.69. The Bertz CT molecular complexity index is 873. The third-order valence-corrected chi connectivity index (χ3v) is 3.64. The van der Waals surface area contributed by atoms with Crippen LogP contribution in [0.3, 0.4) is 0 Å². The van der Waals surface area contributed by atoms with E-state index >= 15 is 0 Å². The topological polar surface area (TPSA) is 81.3 Å². The first kappa shape index (κ1) is 14.7. The summed E-state index contributed by atoms with van der Waals surface area (Å²) in [4.78, 5) is 24.4. The second-order valence-electron chi connectivity index (χ2n) is 5.09. The van der Waals surface area contributed by atoms with E-state index < -0.39 is 4.92 Å². The molecule has 0 aliphatic carbocycles. The van der Waals surface area contributed by atoms with Crippen LogP contribution < -0.4 is 4.90 Å². The van der Waals surface area contributed by atoms with Crippen LogP contribution in [0, 0.1) is 10.1 Å². The number of benzene rings is 2. The van der Waals surface area contributed by atoms with Crippen LogP contribution >= 0.6 is 0 Å². The maximum Gasteiger partial charge on any atom is 0.271 e. The Morgan fingerprint density at radius 1 is 1.26 bits per heavy atom. The van der Waals surface area contributed by atoms with Gasteiger partial charge in [0.1, 0.15) is 6.54 Å². The molecule has 3 rings (SSSR count). The molecule has 0 atom stereocenters. The van der Waals surface area contributed by atoms with Gasteiger partial charge in [0.25, 0.3) is 5.69 Å². The van der Waals surface area contributed by atoms with Crippen molar-refractivity contribution in [1.29, 1.82) is 0 Å². The Hall–Kier alpha value is -3.22. The number of carbonyl (C=O) groups excluding carboxylic acids is 1. The van der Waals surface area contributed by atoms with E-state index in [-0.39, 0.29) is 18.1 Å². The van der Waals surface area contributed by atoms with Crippen LogP contribution in [-0.4, -0.2) is 27.7 Å². The molecule has 23 heavy (non-hydrogen) atoms. The lowest BCUT2D eigenvalue weighted by atomic mass is 10.2. The zero-order chi connectivity index (χ0) is 16.4. The third-order valence-electron chi connectivity index (χ3n) is 3.64. The number of nitro benzene ring substituents is 1. The molecule has 0 fully saturated rings. The molecule has 0 aliphatic heterocycles. The molecular weight excluding hydrogens is 296 g/mol. The minimum atomic E-state index is -0.464. The molecule has 7 nitrogen and oxygen atoms in total. The fourth-order valence-electron chi connectivity index (χ4n) is 2.33. The van der Waals surface area contributed by atoms with Gasteiger partial charge in [0, 0.05) is 30.3 Å². The minimum absolute atomic E-state index is 0.00998. The van der Waals surface area contributed by atoms with Crippen molar-refractivity contribution in [2.24, 2.45) is 0 Å². The van der Waals surface area contributed by atoms with Gasteiger partial charge in [0.05, 0.1) is 16.6 Å². The van der Waals surface area contributed by atoms with Crippen molar-refractivity contribution < 1.29 is 9.72 Å². The number of nitro groups is 1. The Labute approximate surface area is 131 Å². The van der Waals surface area contributed by atoms with Crippen molar-refractivity contribution >= 4 is 28.2 Å². The van der Waals surface area contributed by atoms with E-state index in [1.807, 2.05) is 30.3 Å². The zero-order valence-corrected chi connectivity index (χ0v) is 12.4. The van der Waals surface area contributed by atoms with Crippen LogP contribution in [-0.2, 0) is 11.3 Å². The summed E-state index contributed by atoms with van der Waals surface area (Å²) in [6.07, 6.45) is 1.59. The molecule has 0 N–H and O–H groups in total. The van der Waals surface area contributed by atoms with E-state index in [0.717, 1.165) is 11.1 Å². The summed E-state index contributed by atoms with van der Waals surface area (Å²) in [6, 6.07) is 13.7. The second-order valence-corrected chi connectivity index (χ2v) is 5.09. The molecule has 2 aromatic carbocycles. The van der Waals surface area contributed by atoms with Gasteiger partial charge >= 0.3 is 0 Å². The van der Waals surface area contributed by atoms with Gasteiger partial charge in [-0.05, 0) is 18.2 Å². The van der Waals surface area contributed by atoms with Crippen LogP contribution in [0.4, 0.5) is 11.4 Å². The number of anilines is 1. The summed E-state index contributed by atoms with van der Waals surface area (Å²) in [5.74, 6) is -0.160. The molecular formula is C16H14N4O3. The van der Waals surface area contributed by atoms with E-state index in [2.05, 4.69) is 5.10 Å². The van der Waals surface area contributed by atoms with Gasteiger partial charge in [-0.1, -0.05) is 18.2 Å². The first-order chi connectivity index (χ1) is 11.1. The van der Waals surface area contributed by atoms with E-state index in [9.17, 15) is 14.9 Å². The SMILES string of the molecule is CN(C(=O)Cn1ncc2ccc([N+](=O)[O-])cc21)c1ccccc1. The standard InChI is InChI=1S/C16H14N4O3/c1-18(13-5-3-2-4-6-13)16(21)11-19-15-9-14(20(22)23)8-7-12(15)10-17-19/h2-10H,11H2,1H3. The van der Waals surface area contributed by atoms with Gasteiger partial charge in [0.2, 0.25) is 5.91 Å². The van der Waals surface area contributed by atoms with Crippen molar-refractivity contribution in [2.75, 3.05) is 11.9 Å². The Morgan fingerprint density at radius 3 is 2.70 bits per heavy atom. The van der Waals surface area contributed by atoms with Crippen LogP contribution in [0.15, 0.2) is 54.7 Å². The van der Waals surface area contributed by atoms with Gasteiger partial charge in [-0.2, -0.15) is 5.10 Å². The van der Waals surface area contributed by atoms with Crippen molar-refractivity contribution in [2.45, 2.75) is 6.54 Å². The molecule has 1 amide bonds. The van der Waals surface area contributed by atoms with Crippen molar-refractivity contribution in [1.82, 2.24) is 9.78 Å². The minimum Gasteiger partial charge on any atom is -0.314 e. The first-order valence-corrected chi connectivity index (χ1v) is 6.98. The molecule has 0 unspecified atom stereocenters. The number of hydrogen-bond donors (Lipinski definition) is 0. The molecule has 1 aromatic heterocycles. The fourth-order valence-corrected chi connectivity index (χ4v) is 2.33. The van der Waals surface area contributed by atoms with E-state index in [1.54, 1.807) is 19.3 Å². The predicted octanol–water partition coefficient (Wildman–Crippen LogP) is 2.61. The maximum atomic E-state index is 12.4. The highest BCUT2D eigenvalue weighted by atomic mass is 16.6. The van der Waals surface area contributed by atoms with Gasteiger partial charge in [-0.15, -0.1) is 0 Å². The van der Waals surface area contributed by atoms with E-state index in [1.165, 1.54) is 21.7 Å². The highest BCUT2D eigenvalue weighted by Crippen LogP contribution is 2.21. The summed E-state index contributed by atoms with van der Waals surface area (Å²) in [5.41, 5.74) is 1.32. The molecule has 0 saturated heterocycles. The largest absolute Gasteiger partial charge is 0.314 e. The number of carbonyl (C=O) groups is 1. The summed E-state index contributed by atoms with van der Waals surface area (Å²) < 4.78 is 1.48. The monoisotopic (exact) mass is 310 g/mol. The lowest BCUT2D eigenvalue weighted by Gasteiger charge is -2.17. The highest BCUT2D eigenvalue weighted by molar-refractivity contribution is 5.93. The summed E-state index contributed by atoms with van der Waals surface area (Å²) in [5, 5.41) is 15.8. The van der Waals surface area contributed by atoms with Gasteiger partial charge in [0.15, 0.2) is 0 Å². The van der Waals surface area contributed by atoms with Crippen LogP contribution in [0.2, 0.25) is 0 Å². The number of rotatable bonds is 4. The zero-order valence-electron chi connectivity index (χ0n) is 12.4. The quantitative estimate of drug-likeness (QED) is 0.548. The van der Waals surface area contributed by atoms with E-state index in [0.29, 0.717) is 5.52 Å². The van der Waals surface area contributed by atoms with Crippen molar-refractivity contribution in [3.05, 3.63) is 64.8 Å². The molecule has 0 aliphatic rings. The second kappa shape index (κ2) is 5.88. The first-order valence-electron chi connectivity index (χ1n) is 6.98. The molecule has 0 saturated carbocycles. The smallest absolute Gasteiger partial charge is 0.271 e. The van der Waals surface area contributed by atoms with Gasteiger partial charge in [-0.25, -0.2) is 0 Å². The lowest BCUT2D eigenvalue weighted by molar-refractivity contribution is -0.384. The number of para-hydroxylation sites is 1.